The first kappa shape index (κ1) is 16.1. The molecule has 25 heavy (non-hydrogen) atoms. The topological polar surface area (TPSA) is 57.3 Å². The van der Waals surface area contributed by atoms with Gasteiger partial charge >= 0.3 is 0 Å². The second kappa shape index (κ2) is 6.84. The molecule has 0 spiro atoms. The number of fused-ring (bicyclic) bond motifs is 1. The Hall–Kier alpha value is -2.40. The van der Waals surface area contributed by atoms with Crippen LogP contribution in [0.3, 0.4) is 0 Å². The van der Waals surface area contributed by atoms with Crippen LogP contribution in [0.4, 0.5) is 5.69 Å². The molecule has 5 nitrogen and oxygen atoms in total. The van der Waals surface area contributed by atoms with Gasteiger partial charge in [-0.2, -0.15) is 0 Å². The Bertz CT molecular complexity index is 736. The third kappa shape index (κ3) is 3.37. The van der Waals surface area contributed by atoms with Gasteiger partial charge in [-0.3, -0.25) is 9.78 Å². The number of nitrogens with one attached hydrogen (secondary N) is 2. The molecule has 2 saturated heterocycles. The van der Waals surface area contributed by atoms with Gasteiger partial charge in [-0.15, -0.1) is 0 Å². The molecule has 1 amide bonds. The van der Waals surface area contributed by atoms with Crippen molar-refractivity contribution in [2.75, 3.05) is 31.1 Å². The van der Waals surface area contributed by atoms with E-state index in [-0.39, 0.29) is 11.9 Å². The average Bonchev–Trinajstić information content (AvgIpc) is 3.24. The highest BCUT2D eigenvalue weighted by molar-refractivity contribution is 5.95. The fourth-order valence-electron chi connectivity index (χ4n) is 3.90. The maximum Gasteiger partial charge on any atom is 0.253 e. The molecule has 130 valence electrons. The molecular formula is C20H24N4O. The Labute approximate surface area is 148 Å². The van der Waals surface area contributed by atoms with Crippen molar-refractivity contribution >= 4 is 11.6 Å². The van der Waals surface area contributed by atoms with Gasteiger partial charge in [0.05, 0.1) is 23.5 Å². The Morgan fingerprint density at radius 3 is 2.64 bits per heavy atom. The second-order valence-corrected chi connectivity index (χ2v) is 7.12. The lowest BCUT2D eigenvalue weighted by Gasteiger charge is -2.20. The number of nitrogens with zero attached hydrogens (tertiary/aromatic N) is 2. The Morgan fingerprint density at radius 1 is 1.20 bits per heavy atom. The van der Waals surface area contributed by atoms with Crippen molar-refractivity contribution in [2.45, 2.75) is 13.0 Å². The summed E-state index contributed by atoms with van der Waals surface area (Å²) in [6.07, 6.45) is 3.51. The summed E-state index contributed by atoms with van der Waals surface area (Å²) >= 11 is 0. The molecule has 5 heteroatoms. The SMILES string of the molecule is C[C@H](NC(=O)c1cncc(N2C[C@H]3CNC[C@H]3C2)c1)c1ccccc1. The molecule has 3 heterocycles. The summed E-state index contributed by atoms with van der Waals surface area (Å²) in [4.78, 5) is 19.3. The zero-order valence-corrected chi connectivity index (χ0v) is 14.5. The zero-order valence-electron chi connectivity index (χ0n) is 14.5. The van der Waals surface area contributed by atoms with Gasteiger partial charge in [0.15, 0.2) is 0 Å². The minimum absolute atomic E-state index is 0.0328. The molecule has 2 N–H and O–H groups in total. The summed E-state index contributed by atoms with van der Waals surface area (Å²) in [6.45, 7) is 6.29. The molecular weight excluding hydrogens is 312 g/mol. The molecule has 0 saturated carbocycles. The molecule has 0 bridgehead atoms. The molecule has 0 aliphatic carbocycles. The largest absolute Gasteiger partial charge is 0.370 e. The summed E-state index contributed by atoms with van der Waals surface area (Å²) in [5.74, 6) is 1.36. The van der Waals surface area contributed by atoms with E-state index in [4.69, 9.17) is 0 Å². The number of carbonyl (C=O) groups excluding carboxylic acids is 1. The number of hydrogen-bond acceptors (Lipinski definition) is 4. The van der Waals surface area contributed by atoms with Crippen LogP contribution in [0, 0.1) is 11.8 Å². The van der Waals surface area contributed by atoms with Gasteiger partial charge in [-0.25, -0.2) is 0 Å². The number of rotatable bonds is 4. The Balaban J connectivity index is 1.45. The maximum atomic E-state index is 12.6. The quantitative estimate of drug-likeness (QED) is 0.899. The van der Waals surface area contributed by atoms with Gasteiger partial charge in [0, 0.05) is 32.4 Å². The number of amides is 1. The highest BCUT2D eigenvalue weighted by Crippen LogP contribution is 2.30. The number of pyridine rings is 1. The van der Waals surface area contributed by atoms with Gasteiger partial charge in [-0.1, -0.05) is 30.3 Å². The van der Waals surface area contributed by atoms with Crippen LogP contribution < -0.4 is 15.5 Å². The number of carbonyl (C=O) groups is 1. The minimum Gasteiger partial charge on any atom is -0.370 e. The molecule has 2 fully saturated rings. The van der Waals surface area contributed by atoms with E-state index in [1.165, 1.54) is 0 Å². The first-order chi connectivity index (χ1) is 12.2. The minimum atomic E-state index is -0.0771. The van der Waals surface area contributed by atoms with Crippen molar-refractivity contribution < 1.29 is 4.79 Å². The van der Waals surface area contributed by atoms with Gasteiger partial charge in [-0.05, 0) is 30.4 Å². The fraction of sp³-hybridized carbons (Fsp3) is 0.400. The molecule has 1 aromatic heterocycles. The van der Waals surface area contributed by atoms with Crippen LogP contribution in [0.5, 0.6) is 0 Å². The lowest BCUT2D eigenvalue weighted by atomic mass is 10.0. The van der Waals surface area contributed by atoms with Crippen molar-refractivity contribution in [2.24, 2.45) is 11.8 Å². The first-order valence-corrected chi connectivity index (χ1v) is 8.97. The van der Waals surface area contributed by atoms with Crippen LogP contribution >= 0.6 is 0 Å². The predicted octanol–water partition coefficient (Wildman–Crippen LogP) is 2.23. The van der Waals surface area contributed by atoms with E-state index in [0.717, 1.165) is 49.3 Å². The molecule has 2 aromatic rings. The lowest BCUT2D eigenvalue weighted by molar-refractivity contribution is 0.0939. The summed E-state index contributed by atoms with van der Waals surface area (Å²) in [6, 6.07) is 11.9. The van der Waals surface area contributed by atoms with Gasteiger partial charge < -0.3 is 15.5 Å². The highest BCUT2D eigenvalue weighted by Gasteiger charge is 2.36. The number of anilines is 1. The molecule has 2 aliphatic rings. The van der Waals surface area contributed by atoms with Crippen LogP contribution in [-0.2, 0) is 0 Å². The second-order valence-electron chi connectivity index (χ2n) is 7.12. The Kier molecular flexibility index (Phi) is 4.40. The van der Waals surface area contributed by atoms with E-state index in [1.807, 2.05) is 49.5 Å². The normalized spacial score (nSPS) is 23.3. The summed E-state index contributed by atoms with van der Waals surface area (Å²) in [5, 5.41) is 6.52. The van der Waals surface area contributed by atoms with Crippen molar-refractivity contribution in [3.05, 3.63) is 59.9 Å². The van der Waals surface area contributed by atoms with E-state index in [0.29, 0.717) is 5.56 Å². The molecule has 3 atom stereocenters. The molecule has 4 rings (SSSR count). The van der Waals surface area contributed by atoms with E-state index in [2.05, 4.69) is 20.5 Å². The van der Waals surface area contributed by atoms with Crippen LogP contribution in [0.15, 0.2) is 48.8 Å². The van der Waals surface area contributed by atoms with Crippen molar-refractivity contribution in [1.29, 1.82) is 0 Å². The Morgan fingerprint density at radius 2 is 1.92 bits per heavy atom. The van der Waals surface area contributed by atoms with Crippen LogP contribution in [0.2, 0.25) is 0 Å². The molecule has 0 radical (unpaired) electrons. The van der Waals surface area contributed by atoms with Crippen molar-refractivity contribution in [1.82, 2.24) is 15.6 Å². The summed E-state index contributed by atoms with van der Waals surface area (Å²) < 4.78 is 0. The van der Waals surface area contributed by atoms with E-state index in [1.54, 1.807) is 6.20 Å². The lowest BCUT2D eigenvalue weighted by Crippen LogP contribution is -2.28. The zero-order chi connectivity index (χ0) is 17.2. The maximum absolute atomic E-state index is 12.6. The predicted molar refractivity (Wildman–Crippen MR) is 98.6 cm³/mol. The standard InChI is InChI=1S/C20H24N4O/c1-14(15-5-3-2-4-6-15)23-20(25)16-7-19(11-22-8-16)24-12-17-9-21-10-18(17)13-24/h2-8,11,14,17-18,21H,9-10,12-13H2,1H3,(H,23,25)/t14-,17-,18+/m0/s1. The molecule has 1 aromatic carbocycles. The van der Waals surface area contributed by atoms with Gasteiger partial charge in [0.2, 0.25) is 0 Å². The molecule has 0 unspecified atom stereocenters. The fourth-order valence-corrected chi connectivity index (χ4v) is 3.90. The number of aromatic nitrogens is 1. The highest BCUT2D eigenvalue weighted by atomic mass is 16.1. The monoisotopic (exact) mass is 336 g/mol. The van der Waals surface area contributed by atoms with Crippen molar-refractivity contribution in [3.63, 3.8) is 0 Å². The van der Waals surface area contributed by atoms with Gasteiger partial charge in [0.25, 0.3) is 5.91 Å². The van der Waals surface area contributed by atoms with Crippen LogP contribution in [0.25, 0.3) is 0 Å². The number of benzene rings is 1. The first-order valence-electron chi connectivity index (χ1n) is 8.97. The molecule has 2 aliphatic heterocycles. The van der Waals surface area contributed by atoms with Crippen LogP contribution in [-0.4, -0.2) is 37.1 Å². The third-order valence-corrected chi connectivity index (χ3v) is 5.39. The summed E-state index contributed by atoms with van der Waals surface area (Å²) in [7, 11) is 0. The smallest absolute Gasteiger partial charge is 0.253 e. The number of hydrogen-bond donors (Lipinski definition) is 2. The summed E-state index contributed by atoms with van der Waals surface area (Å²) in [5.41, 5.74) is 2.77. The van der Waals surface area contributed by atoms with Gasteiger partial charge in [0.1, 0.15) is 0 Å². The van der Waals surface area contributed by atoms with E-state index in [9.17, 15) is 4.79 Å². The average molecular weight is 336 g/mol. The van der Waals surface area contributed by atoms with E-state index >= 15 is 0 Å². The van der Waals surface area contributed by atoms with Crippen LogP contribution in [0.1, 0.15) is 28.9 Å². The van der Waals surface area contributed by atoms with Crippen molar-refractivity contribution in [3.8, 4) is 0 Å². The van der Waals surface area contributed by atoms with E-state index < -0.39 is 0 Å². The third-order valence-electron chi connectivity index (χ3n) is 5.39.